The van der Waals surface area contributed by atoms with Crippen molar-refractivity contribution in [1.29, 1.82) is 0 Å². The molecule has 0 saturated carbocycles. The predicted octanol–water partition coefficient (Wildman–Crippen LogP) is 7.83. The van der Waals surface area contributed by atoms with Crippen molar-refractivity contribution in [1.82, 2.24) is 4.98 Å². The van der Waals surface area contributed by atoms with Crippen molar-refractivity contribution in [2.45, 2.75) is 40.4 Å². The minimum absolute atomic E-state index is 0.464. The Bertz CT molecular complexity index is 1930. The van der Waals surface area contributed by atoms with E-state index in [9.17, 15) is 0 Å². The number of aryl methyl sites for hydroxylation is 3. The molecule has 3 heteroatoms. The molecule has 0 radical (unpaired) electrons. The third-order valence-electron chi connectivity index (χ3n) is 7.12. The first-order chi connectivity index (χ1) is 17.9. The highest BCUT2D eigenvalue weighted by Gasteiger charge is 2.26. The number of hydrogen-bond acceptors (Lipinski definition) is 2. The number of furan rings is 1. The van der Waals surface area contributed by atoms with E-state index in [0.717, 1.165) is 71.7 Å². The molecule has 3 aromatic carbocycles. The van der Waals surface area contributed by atoms with E-state index in [-0.39, 0.29) is 0 Å². The Balaban J connectivity index is 1.72. The third-order valence-corrected chi connectivity index (χ3v) is 7.12. The monoisotopic (exact) mass is 449 g/mol. The normalized spacial score (nSPS) is 15.9. The van der Waals surface area contributed by atoms with E-state index in [4.69, 9.17) is 14.9 Å². The maximum absolute atomic E-state index is 8.58. The molecule has 3 nitrogen and oxygen atoms in total. The second kappa shape index (κ2) is 7.39. The van der Waals surface area contributed by atoms with Gasteiger partial charge in [-0.3, -0.25) is 0 Å². The van der Waals surface area contributed by atoms with E-state index >= 15 is 0 Å². The lowest BCUT2D eigenvalue weighted by Crippen LogP contribution is -2.31. The van der Waals surface area contributed by atoms with Gasteiger partial charge >= 0.3 is 0 Å². The Morgan fingerprint density at radius 2 is 1.74 bits per heavy atom. The molecule has 168 valence electrons. The molecule has 0 aliphatic heterocycles. The number of hydrogen-bond donors (Lipinski definition) is 0. The molecular weight excluding hydrogens is 416 g/mol. The Hall–Kier alpha value is -3.72. The van der Waals surface area contributed by atoms with E-state index in [1.54, 1.807) is 6.07 Å². The molecule has 34 heavy (non-hydrogen) atoms. The van der Waals surface area contributed by atoms with Gasteiger partial charge in [0.15, 0.2) is 17.4 Å². The Morgan fingerprint density at radius 3 is 2.53 bits per heavy atom. The van der Waals surface area contributed by atoms with Gasteiger partial charge in [-0.05, 0) is 60.9 Å². The van der Waals surface area contributed by atoms with E-state index < -0.39 is 12.7 Å². The topological polar surface area (TPSA) is 29.9 Å². The molecular formula is C31H29N2O+. The molecule has 6 rings (SSSR count). The fraction of sp³-hybridized carbons (Fsp3) is 0.226. The predicted molar refractivity (Wildman–Crippen MR) is 141 cm³/mol. The zero-order valence-electron chi connectivity index (χ0n) is 24.1. The van der Waals surface area contributed by atoms with Gasteiger partial charge in [0.2, 0.25) is 5.69 Å². The van der Waals surface area contributed by atoms with Crippen molar-refractivity contribution in [2.24, 2.45) is 7.05 Å². The van der Waals surface area contributed by atoms with Crippen LogP contribution in [0.15, 0.2) is 65.2 Å². The molecule has 0 spiro atoms. The quantitative estimate of drug-likeness (QED) is 0.252. The molecule has 0 aliphatic carbocycles. The van der Waals surface area contributed by atoms with Crippen molar-refractivity contribution in [3.8, 4) is 11.3 Å². The average molecular weight is 450 g/mol. The zero-order chi connectivity index (χ0) is 27.1. The minimum Gasteiger partial charge on any atom is -0.453 e. The maximum Gasteiger partial charge on any atom is 0.224 e. The molecule has 0 aliphatic rings. The third kappa shape index (κ3) is 2.89. The summed E-state index contributed by atoms with van der Waals surface area (Å²) in [6, 6.07) is 17.9. The Morgan fingerprint density at radius 1 is 0.941 bits per heavy atom. The average Bonchev–Trinajstić information content (AvgIpc) is 3.22. The summed E-state index contributed by atoms with van der Waals surface area (Å²) < 4.78 is 41.0. The molecule has 1 unspecified atom stereocenters. The van der Waals surface area contributed by atoms with Crippen LogP contribution in [0.3, 0.4) is 0 Å². The van der Waals surface area contributed by atoms with E-state index in [0.29, 0.717) is 5.56 Å². The summed E-state index contributed by atoms with van der Waals surface area (Å²) in [5.41, 5.74) is 8.05. The highest BCUT2D eigenvalue weighted by atomic mass is 16.3. The fourth-order valence-corrected chi connectivity index (χ4v) is 5.17. The van der Waals surface area contributed by atoms with Gasteiger partial charge in [-0.2, -0.15) is 0 Å². The number of rotatable bonds is 2. The molecule has 0 fully saturated rings. The molecule has 1 atom stereocenters. The van der Waals surface area contributed by atoms with Crippen LogP contribution in [0.25, 0.3) is 54.9 Å². The molecule has 0 saturated heterocycles. The number of benzene rings is 3. The number of pyridine rings is 2. The Labute approximate surface area is 205 Å². The van der Waals surface area contributed by atoms with Gasteiger partial charge in [0, 0.05) is 33.4 Å². The van der Waals surface area contributed by atoms with Crippen LogP contribution in [0.5, 0.6) is 0 Å². The van der Waals surface area contributed by atoms with Crippen molar-refractivity contribution in [3.05, 3.63) is 83.2 Å². The van der Waals surface area contributed by atoms with Crippen molar-refractivity contribution < 1.29 is 14.5 Å². The summed E-state index contributed by atoms with van der Waals surface area (Å²) in [4.78, 5) is 4.97. The highest BCUT2D eigenvalue weighted by molar-refractivity contribution is 6.17. The molecule has 3 aromatic heterocycles. The zero-order valence-corrected chi connectivity index (χ0v) is 20.1. The number of fused-ring (bicyclic) bond motifs is 6. The van der Waals surface area contributed by atoms with Gasteiger partial charge in [-0.1, -0.05) is 50.2 Å². The summed E-state index contributed by atoms with van der Waals surface area (Å²) in [6.45, 7) is 5.26. The first-order valence-corrected chi connectivity index (χ1v) is 11.5. The van der Waals surface area contributed by atoms with Crippen molar-refractivity contribution in [2.75, 3.05) is 0 Å². The molecule has 3 heterocycles. The van der Waals surface area contributed by atoms with Crippen LogP contribution in [0, 0.1) is 20.8 Å². The SMILES string of the molecule is [2H]C([2H])([2H])C([2H])(C)c1ccc2c(-c3c(C)c(C)cc4c3oc3c5ccccc5c(C)nc43)[n+](C)ccc2c1. The van der Waals surface area contributed by atoms with Gasteiger partial charge in [0.05, 0.1) is 10.9 Å². The summed E-state index contributed by atoms with van der Waals surface area (Å²) in [5.74, 6) is -1.71. The summed E-state index contributed by atoms with van der Waals surface area (Å²) >= 11 is 0. The van der Waals surface area contributed by atoms with Crippen LogP contribution in [-0.2, 0) is 7.05 Å². The smallest absolute Gasteiger partial charge is 0.224 e. The maximum atomic E-state index is 8.58. The second-order valence-electron chi connectivity index (χ2n) is 9.30. The van der Waals surface area contributed by atoms with Crippen LogP contribution in [0.4, 0.5) is 0 Å². The molecule has 0 bridgehead atoms. The highest BCUT2D eigenvalue weighted by Crippen LogP contribution is 2.42. The summed E-state index contributed by atoms with van der Waals surface area (Å²) in [5, 5.41) is 4.93. The molecule has 6 aromatic rings. The van der Waals surface area contributed by atoms with Crippen LogP contribution < -0.4 is 4.57 Å². The largest absolute Gasteiger partial charge is 0.453 e. The lowest BCUT2D eigenvalue weighted by molar-refractivity contribution is -0.659. The first kappa shape index (κ1) is 16.8. The van der Waals surface area contributed by atoms with E-state index in [1.807, 2.05) is 50.5 Å². The fourth-order valence-electron chi connectivity index (χ4n) is 5.17. The Kier molecular flexibility index (Phi) is 3.66. The van der Waals surface area contributed by atoms with Gasteiger partial charge in [0.25, 0.3) is 0 Å². The van der Waals surface area contributed by atoms with Crippen LogP contribution in [0.1, 0.15) is 47.5 Å². The van der Waals surface area contributed by atoms with Crippen molar-refractivity contribution in [3.63, 3.8) is 0 Å². The van der Waals surface area contributed by atoms with Gasteiger partial charge in [-0.15, -0.1) is 0 Å². The van der Waals surface area contributed by atoms with E-state index in [2.05, 4.69) is 36.6 Å². The molecule has 0 amide bonds. The van der Waals surface area contributed by atoms with Gasteiger partial charge < -0.3 is 4.42 Å². The first-order valence-electron chi connectivity index (χ1n) is 13.5. The van der Waals surface area contributed by atoms with Gasteiger partial charge in [-0.25, -0.2) is 9.55 Å². The lowest BCUT2D eigenvalue weighted by atomic mass is 9.92. The van der Waals surface area contributed by atoms with Crippen LogP contribution >= 0.6 is 0 Å². The number of nitrogens with zero attached hydrogens (tertiary/aromatic N) is 2. The summed E-state index contributed by atoms with van der Waals surface area (Å²) in [6.07, 6.45) is 1.98. The second-order valence-corrected chi connectivity index (χ2v) is 9.30. The summed E-state index contributed by atoms with van der Waals surface area (Å²) in [7, 11) is 2.01. The van der Waals surface area contributed by atoms with Crippen LogP contribution in [-0.4, -0.2) is 4.98 Å². The van der Waals surface area contributed by atoms with E-state index in [1.165, 1.54) is 6.92 Å². The lowest BCUT2D eigenvalue weighted by Gasteiger charge is -2.12. The molecule has 0 N–H and O–H groups in total. The van der Waals surface area contributed by atoms with Gasteiger partial charge in [0.1, 0.15) is 12.6 Å². The van der Waals surface area contributed by atoms with Crippen LogP contribution in [0.2, 0.25) is 0 Å². The standard InChI is InChI=1S/C31H29N2O/c1-17(2)21-11-12-24-22(16-21)13-14-33(6)29(24)27-19(4)18(3)15-26-28-31(34-30(26)27)25-10-8-7-9-23(25)20(5)32-28/h7-17H,1-6H3/q+1/i1D3,17D. The van der Waals surface area contributed by atoms with Crippen molar-refractivity contribution >= 4 is 43.6 Å². The minimum atomic E-state index is -2.44. The number of aromatic nitrogens is 2.